The Hall–Kier alpha value is -2.03. The first-order valence-corrected chi connectivity index (χ1v) is 7.81. The lowest BCUT2D eigenvalue weighted by molar-refractivity contribution is 0.102. The van der Waals surface area contributed by atoms with Gasteiger partial charge in [-0.25, -0.2) is 18.5 Å². The van der Waals surface area contributed by atoms with Gasteiger partial charge in [-0.2, -0.15) is 0 Å². The highest BCUT2D eigenvalue weighted by Gasteiger charge is 2.09. The maximum absolute atomic E-state index is 11.9. The molecule has 0 bridgehead atoms. The molecule has 2 aromatic rings. The molecule has 0 saturated heterocycles. The molecule has 2 rings (SSSR count). The van der Waals surface area contributed by atoms with E-state index in [-0.39, 0.29) is 16.6 Å². The molecule has 1 aromatic carbocycles. The molecule has 1 amide bonds. The second-order valence-electron chi connectivity index (χ2n) is 4.19. The van der Waals surface area contributed by atoms with Crippen LogP contribution in [0.5, 0.6) is 0 Å². The third kappa shape index (κ3) is 4.78. The average Bonchev–Trinajstić information content (AvgIpc) is 2.39. The summed E-state index contributed by atoms with van der Waals surface area (Å²) in [4.78, 5) is 19.5. The van der Waals surface area contributed by atoms with E-state index < -0.39 is 15.9 Å². The smallest absolute Gasteiger partial charge is 0.275 e. The fourth-order valence-electron chi connectivity index (χ4n) is 1.56. The quantitative estimate of drug-likeness (QED) is 0.875. The Bertz CT molecular complexity index is 762. The number of nitrogens with two attached hydrogens (primary N) is 1. The average molecular weight is 327 g/mol. The van der Waals surface area contributed by atoms with Gasteiger partial charge >= 0.3 is 0 Å². The first-order valence-electron chi connectivity index (χ1n) is 5.72. The van der Waals surface area contributed by atoms with E-state index in [1.54, 1.807) is 24.3 Å². The topological polar surface area (TPSA) is 115 Å². The first kappa shape index (κ1) is 15.4. The van der Waals surface area contributed by atoms with Crippen LogP contribution in [-0.2, 0) is 15.8 Å². The number of amides is 1. The highest BCUT2D eigenvalue weighted by molar-refractivity contribution is 7.88. The summed E-state index contributed by atoms with van der Waals surface area (Å²) in [6, 6.07) is 6.25. The molecular weight excluding hydrogens is 316 g/mol. The highest BCUT2D eigenvalue weighted by Crippen LogP contribution is 2.12. The van der Waals surface area contributed by atoms with Gasteiger partial charge in [0.2, 0.25) is 10.0 Å². The zero-order chi connectivity index (χ0) is 15.5. The van der Waals surface area contributed by atoms with Crippen molar-refractivity contribution in [2.75, 3.05) is 5.32 Å². The zero-order valence-electron chi connectivity index (χ0n) is 10.7. The van der Waals surface area contributed by atoms with Crippen LogP contribution in [-0.4, -0.2) is 24.3 Å². The lowest BCUT2D eigenvalue weighted by Crippen LogP contribution is -2.15. The number of primary sulfonamides is 1. The Balaban J connectivity index is 2.08. The molecule has 21 heavy (non-hydrogen) atoms. The van der Waals surface area contributed by atoms with E-state index in [9.17, 15) is 13.2 Å². The lowest BCUT2D eigenvalue weighted by atomic mass is 10.2. The molecule has 0 spiro atoms. The molecule has 0 saturated carbocycles. The SMILES string of the molecule is NS(=O)(=O)Cc1ccc(NC(=O)c2cncc(Cl)n2)cc1. The van der Waals surface area contributed by atoms with Crippen molar-refractivity contribution in [3.05, 3.63) is 53.1 Å². The van der Waals surface area contributed by atoms with Crippen molar-refractivity contribution in [1.82, 2.24) is 9.97 Å². The number of rotatable bonds is 4. The maximum Gasteiger partial charge on any atom is 0.275 e. The second-order valence-corrected chi connectivity index (χ2v) is 6.19. The summed E-state index contributed by atoms with van der Waals surface area (Å²) in [6.07, 6.45) is 2.61. The van der Waals surface area contributed by atoms with Gasteiger partial charge in [-0.1, -0.05) is 23.7 Å². The summed E-state index contributed by atoms with van der Waals surface area (Å²) in [5, 5.41) is 7.66. The van der Waals surface area contributed by atoms with E-state index in [1.165, 1.54) is 12.4 Å². The minimum Gasteiger partial charge on any atom is -0.321 e. The number of aromatic nitrogens is 2. The normalized spacial score (nSPS) is 11.1. The molecule has 0 aliphatic heterocycles. The van der Waals surface area contributed by atoms with Gasteiger partial charge in [0, 0.05) is 5.69 Å². The van der Waals surface area contributed by atoms with Gasteiger partial charge in [0.05, 0.1) is 18.1 Å². The molecule has 0 aliphatic carbocycles. The van der Waals surface area contributed by atoms with Gasteiger partial charge < -0.3 is 5.32 Å². The predicted molar refractivity (Wildman–Crippen MR) is 78.2 cm³/mol. The van der Waals surface area contributed by atoms with Gasteiger partial charge in [0.25, 0.3) is 5.91 Å². The van der Waals surface area contributed by atoms with E-state index in [0.717, 1.165) is 0 Å². The minimum absolute atomic E-state index is 0.0797. The summed E-state index contributed by atoms with van der Waals surface area (Å²) in [5.74, 6) is -0.731. The summed E-state index contributed by atoms with van der Waals surface area (Å²) >= 11 is 5.65. The summed E-state index contributed by atoms with van der Waals surface area (Å²) in [6.45, 7) is 0. The molecule has 7 nitrogen and oxygen atoms in total. The van der Waals surface area contributed by atoms with Crippen LogP contribution in [0.15, 0.2) is 36.7 Å². The van der Waals surface area contributed by atoms with Crippen molar-refractivity contribution < 1.29 is 13.2 Å². The van der Waals surface area contributed by atoms with Crippen molar-refractivity contribution in [2.24, 2.45) is 5.14 Å². The van der Waals surface area contributed by atoms with Crippen molar-refractivity contribution in [3.63, 3.8) is 0 Å². The fraction of sp³-hybridized carbons (Fsp3) is 0.0833. The fourth-order valence-corrected chi connectivity index (χ4v) is 2.37. The standard InChI is InChI=1S/C12H11ClN4O3S/c13-11-6-15-5-10(17-11)12(18)16-9-3-1-8(2-4-9)7-21(14,19)20/h1-6H,7H2,(H,16,18)(H2,14,19,20). The van der Waals surface area contributed by atoms with E-state index in [1.807, 2.05) is 0 Å². The molecular formula is C12H11ClN4O3S. The molecule has 3 N–H and O–H groups in total. The number of hydrogen-bond acceptors (Lipinski definition) is 5. The van der Waals surface area contributed by atoms with E-state index in [2.05, 4.69) is 15.3 Å². The predicted octanol–water partition coefficient (Wildman–Crippen LogP) is 1.17. The van der Waals surface area contributed by atoms with Crippen LogP contribution in [0, 0.1) is 0 Å². The lowest BCUT2D eigenvalue weighted by Gasteiger charge is -2.06. The Kier molecular flexibility index (Phi) is 4.51. The van der Waals surface area contributed by atoms with Gasteiger partial charge in [0.1, 0.15) is 10.8 Å². The number of sulfonamides is 1. The number of carbonyl (C=O) groups is 1. The summed E-state index contributed by atoms with van der Waals surface area (Å²) in [5.41, 5.74) is 1.09. The number of nitrogens with one attached hydrogen (secondary N) is 1. The number of nitrogens with zero attached hydrogens (tertiary/aromatic N) is 2. The molecule has 0 fully saturated rings. The summed E-state index contributed by atoms with van der Waals surface area (Å²) < 4.78 is 21.9. The summed E-state index contributed by atoms with van der Waals surface area (Å²) in [7, 11) is -3.58. The third-order valence-corrected chi connectivity index (χ3v) is 3.34. The molecule has 0 radical (unpaired) electrons. The van der Waals surface area contributed by atoms with Crippen molar-refractivity contribution >= 4 is 33.2 Å². The van der Waals surface area contributed by atoms with Gasteiger partial charge in [-0.3, -0.25) is 9.78 Å². The van der Waals surface area contributed by atoms with Crippen LogP contribution in [0.3, 0.4) is 0 Å². The Labute approximate surface area is 126 Å². The van der Waals surface area contributed by atoms with Crippen LogP contribution < -0.4 is 10.5 Å². The van der Waals surface area contributed by atoms with E-state index >= 15 is 0 Å². The highest BCUT2D eigenvalue weighted by atomic mass is 35.5. The maximum atomic E-state index is 11.9. The van der Waals surface area contributed by atoms with Gasteiger partial charge in [-0.15, -0.1) is 0 Å². The first-order chi connectivity index (χ1) is 9.83. The Morgan fingerprint density at radius 3 is 2.48 bits per heavy atom. The van der Waals surface area contributed by atoms with E-state index in [0.29, 0.717) is 11.3 Å². The Morgan fingerprint density at radius 2 is 1.90 bits per heavy atom. The molecule has 110 valence electrons. The van der Waals surface area contributed by atoms with Crippen LogP contribution in [0.1, 0.15) is 16.1 Å². The van der Waals surface area contributed by atoms with Crippen LogP contribution >= 0.6 is 11.6 Å². The van der Waals surface area contributed by atoms with Crippen LogP contribution in [0.4, 0.5) is 5.69 Å². The number of hydrogen-bond donors (Lipinski definition) is 2. The second kappa shape index (κ2) is 6.17. The molecule has 0 aliphatic rings. The molecule has 0 unspecified atom stereocenters. The number of carbonyl (C=O) groups excluding carboxylic acids is 1. The zero-order valence-corrected chi connectivity index (χ0v) is 12.2. The number of anilines is 1. The Morgan fingerprint density at radius 1 is 1.24 bits per heavy atom. The van der Waals surface area contributed by atoms with Gasteiger partial charge in [-0.05, 0) is 17.7 Å². The molecule has 0 atom stereocenters. The third-order valence-electron chi connectivity index (χ3n) is 2.42. The van der Waals surface area contributed by atoms with Crippen molar-refractivity contribution in [2.45, 2.75) is 5.75 Å². The largest absolute Gasteiger partial charge is 0.321 e. The molecule has 9 heteroatoms. The number of benzene rings is 1. The molecule has 1 heterocycles. The van der Waals surface area contributed by atoms with Crippen LogP contribution in [0.2, 0.25) is 5.15 Å². The van der Waals surface area contributed by atoms with Crippen molar-refractivity contribution in [1.29, 1.82) is 0 Å². The van der Waals surface area contributed by atoms with Gasteiger partial charge in [0.15, 0.2) is 0 Å². The van der Waals surface area contributed by atoms with Crippen LogP contribution in [0.25, 0.3) is 0 Å². The van der Waals surface area contributed by atoms with Crippen molar-refractivity contribution in [3.8, 4) is 0 Å². The minimum atomic E-state index is -3.58. The monoisotopic (exact) mass is 326 g/mol. The molecule has 1 aromatic heterocycles. The number of halogens is 1. The van der Waals surface area contributed by atoms with E-state index in [4.69, 9.17) is 16.7 Å².